The predicted octanol–water partition coefficient (Wildman–Crippen LogP) is 1.94. The van der Waals surface area contributed by atoms with Gasteiger partial charge in [-0.2, -0.15) is 5.10 Å². The Morgan fingerprint density at radius 1 is 1.29 bits per heavy atom. The topological polar surface area (TPSA) is 81.1 Å². The second-order valence-electron chi connectivity index (χ2n) is 5.40. The molecule has 0 aliphatic rings. The van der Waals surface area contributed by atoms with Gasteiger partial charge in [0.2, 0.25) is 0 Å². The molecule has 1 heterocycles. The van der Waals surface area contributed by atoms with Crippen molar-refractivity contribution in [1.82, 2.24) is 15.1 Å². The Morgan fingerprint density at radius 2 is 1.96 bits per heavy atom. The van der Waals surface area contributed by atoms with E-state index in [9.17, 15) is 17.6 Å². The average Bonchev–Trinajstić information content (AvgIpc) is 2.89. The minimum Gasteiger partial charge on any atom is -0.351 e. The lowest BCUT2D eigenvalue weighted by Gasteiger charge is -2.07. The van der Waals surface area contributed by atoms with Crippen LogP contribution in [0.5, 0.6) is 0 Å². The Hall–Kier alpha value is -2.22. The summed E-state index contributed by atoms with van der Waals surface area (Å²) in [5.74, 6) is -1.11. The van der Waals surface area contributed by atoms with Gasteiger partial charge in [0.1, 0.15) is 5.82 Å². The summed E-state index contributed by atoms with van der Waals surface area (Å²) in [5.41, 5.74) is 1.18. The van der Waals surface area contributed by atoms with Crippen molar-refractivity contribution in [1.29, 1.82) is 0 Å². The largest absolute Gasteiger partial charge is 0.351 e. The van der Waals surface area contributed by atoms with Crippen LogP contribution in [0.1, 0.15) is 29.4 Å². The highest BCUT2D eigenvalue weighted by Gasteiger charge is 2.17. The van der Waals surface area contributed by atoms with E-state index >= 15 is 0 Å². The minimum atomic E-state index is -3.57. The summed E-state index contributed by atoms with van der Waals surface area (Å²) in [7, 11) is -3.57. The fourth-order valence-electron chi connectivity index (χ4n) is 2.26. The first-order valence-corrected chi connectivity index (χ1v) is 9.29. The van der Waals surface area contributed by atoms with Crippen molar-refractivity contribution in [2.24, 2.45) is 0 Å². The summed E-state index contributed by atoms with van der Waals surface area (Å²) in [6, 6.07) is 4.62. The number of amides is 1. The van der Waals surface area contributed by atoms with Gasteiger partial charge in [-0.05, 0) is 37.6 Å². The fourth-order valence-corrected chi connectivity index (χ4v) is 3.42. The molecule has 0 atom stereocenters. The molecule has 0 saturated heterocycles. The van der Waals surface area contributed by atoms with Crippen molar-refractivity contribution in [3.05, 3.63) is 47.5 Å². The van der Waals surface area contributed by atoms with Gasteiger partial charge in [-0.15, -0.1) is 0 Å². The molecule has 1 aromatic heterocycles. The maximum Gasteiger partial charge on any atom is 0.254 e. The van der Waals surface area contributed by atoms with Crippen molar-refractivity contribution in [3.63, 3.8) is 0 Å². The molecule has 0 saturated carbocycles. The van der Waals surface area contributed by atoms with Crippen molar-refractivity contribution in [3.8, 4) is 0 Å². The number of hydrogen-bond donors (Lipinski definition) is 1. The van der Waals surface area contributed by atoms with Gasteiger partial charge in [-0.1, -0.05) is 6.92 Å². The van der Waals surface area contributed by atoms with E-state index < -0.39 is 15.7 Å². The summed E-state index contributed by atoms with van der Waals surface area (Å²) in [6.07, 6.45) is 2.38. The van der Waals surface area contributed by atoms with Gasteiger partial charge >= 0.3 is 0 Å². The lowest BCUT2D eigenvalue weighted by Crippen LogP contribution is -2.29. The molecular formula is C16H20FN3O3S. The molecule has 6 nitrogen and oxygen atoms in total. The lowest BCUT2D eigenvalue weighted by molar-refractivity contribution is 0.0955. The molecule has 0 aliphatic carbocycles. The quantitative estimate of drug-likeness (QED) is 0.772. The summed E-state index contributed by atoms with van der Waals surface area (Å²) in [4.78, 5) is 12.2. The summed E-state index contributed by atoms with van der Waals surface area (Å²) >= 11 is 0. The SMILES string of the molecule is CCCn1ncc(C(=O)NCCS(=O)(=O)c2ccc(F)cc2)c1C. The molecule has 0 spiro atoms. The van der Waals surface area contributed by atoms with Crippen LogP contribution in [0, 0.1) is 12.7 Å². The van der Waals surface area contributed by atoms with Crippen LogP contribution in [0.15, 0.2) is 35.4 Å². The van der Waals surface area contributed by atoms with Crippen molar-refractivity contribution >= 4 is 15.7 Å². The second kappa shape index (κ2) is 7.57. The number of nitrogens with zero attached hydrogens (tertiary/aromatic N) is 2. The zero-order chi connectivity index (χ0) is 17.7. The standard InChI is InChI=1S/C16H20FN3O3S/c1-3-9-20-12(2)15(11-19-20)16(21)18-8-10-24(22,23)14-6-4-13(17)5-7-14/h4-7,11H,3,8-10H2,1-2H3,(H,18,21). The number of halogens is 1. The lowest BCUT2D eigenvalue weighted by atomic mass is 10.2. The molecule has 0 bridgehead atoms. The Balaban J connectivity index is 1.96. The van der Waals surface area contributed by atoms with Gasteiger partial charge in [-0.25, -0.2) is 12.8 Å². The summed E-state index contributed by atoms with van der Waals surface area (Å²) < 4.78 is 38.9. The first-order valence-electron chi connectivity index (χ1n) is 7.64. The number of rotatable bonds is 7. The third-order valence-corrected chi connectivity index (χ3v) is 5.34. The zero-order valence-electron chi connectivity index (χ0n) is 13.6. The number of benzene rings is 1. The minimum absolute atomic E-state index is 0.0308. The number of sulfone groups is 1. The van der Waals surface area contributed by atoms with Gasteiger partial charge in [-0.3, -0.25) is 9.48 Å². The fraction of sp³-hybridized carbons (Fsp3) is 0.375. The normalized spacial score (nSPS) is 11.5. The average molecular weight is 353 g/mol. The number of hydrogen-bond acceptors (Lipinski definition) is 4. The second-order valence-corrected chi connectivity index (χ2v) is 7.50. The predicted molar refractivity (Wildman–Crippen MR) is 88.0 cm³/mol. The van der Waals surface area contributed by atoms with Crippen LogP contribution in [0.4, 0.5) is 4.39 Å². The number of carbonyl (C=O) groups excluding carboxylic acids is 1. The summed E-state index contributed by atoms with van der Waals surface area (Å²) in [5, 5.41) is 6.73. The smallest absolute Gasteiger partial charge is 0.254 e. The first kappa shape index (κ1) is 18.1. The number of aryl methyl sites for hydroxylation is 1. The molecule has 0 unspecified atom stereocenters. The molecule has 24 heavy (non-hydrogen) atoms. The number of aromatic nitrogens is 2. The first-order chi connectivity index (χ1) is 11.3. The van der Waals surface area contributed by atoms with Gasteiger partial charge < -0.3 is 5.32 Å². The highest BCUT2D eigenvalue weighted by molar-refractivity contribution is 7.91. The van der Waals surface area contributed by atoms with Crippen LogP contribution in [0.25, 0.3) is 0 Å². The summed E-state index contributed by atoms with van der Waals surface area (Å²) in [6.45, 7) is 4.50. The highest BCUT2D eigenvalue weighted by atomic mass is 32.2. The van der Waals surface area contributed by atoms with Crippen molar-refractivity contribution in [2.45, 2.75) is 31.7 Å². The molecule has 1 N–H and O–H groups in total. The van der Waals surface area contributed by atoms with Gasteiger partial charge in [0, 0.05) is 18.8 Å². The monoisotopic (exact) mass is 353 g/mol. The van der Waals surface area contributed by atoms with E-state index in [4.69, 9.17) is 0 Å². The van der Waals surface area contributed by atoms with Crippen LogP contribution >= 0.6 is 0 Å². The Bertz CT molecular complexity index is 814. The van der Waals surface area contributed by atoms with E-state index in [2.05, 4.69) is 10.4 Å². The number of carbonyl (C=O) groups is 1. The van der Waals surface area contributed by atoms with Gasteiger partial charge in [0.05, 0.1) is 22.4 Å². The molecule has 1 amide bonds. The maximum atomic E-state index is 12.9. The van der Waals surface area contributed by atoms with Crippen LogP contribution in [-0.4, -0.2) is 36.4 Å². The number of nitrogens with one attached hydrogen (secondary N) is 1. The maximum absolute atomic E-state index is 12.9. The Labute approximate surface area is 140 Å². The van der Waals surface area contributed by atoms with Crippen LogP contribution in [0.2, 0.25) is 0 Å². The molecule has 2 rings (SSSR count). The molecule has 2 aromatic rings. The zero-order valence-corrected chi connectivity index (χ0v) is 14.4. The van der Waals surface area contributed by atoms with E-state index in [1.807, 2.05) is 6.92 Å². The molecule has 0 radical (unpaired) electrons. The van der Waals surface area contributed by atoms with Crippen LogP contribution in [-0.2, 0) is 16.4 Å². The highest BCUT2D eigenvalue weighted by Crippen LogP contribution is 2.12. The molecular weight excluding hydrogens is 333 g/mol. The Kier molecular flexibility index (Phi) is 5.71. The molecule has 8 heteroatoms. The molecule has 0 aliphatic heterocycles. The van der Waals surface area contributed by atoms with E-state index in [-0.39, 0.29) is 23.1 Å². The van der Waals surface area contributed by atoms with E-state index in [0.29, 0.717) is 5.56 Å². The van der Waals surface area contributed by atoms with Crippen molar-refractivity contribution in [2.75, 3.05) is 12.3 Å². The Morgan fingerprint density at radius 3 is 2.58 bits per heavy atom. The van der Waals surface area contributed by atoms with E-state index in [1.165, 1.54) is 18.3 Å². The van der Waals surface area contributed by atoms with E-state index in [1.54, 1.807) is 11.6 Å². The third-order valence-electron chi connectivity index (χ3n) is 3.61. The van der Waals surface area contributed by atoms with Crippen LogP contribution in [0.3, 0.4) is 0 Å². The third kappa shape index (κ3) is 4.19. The van der Waals surface area contributed by atoms with Gasteiger partial charge in [0.15, 0.2) is 9.84 Å². The van der Waals surface area contributed by atoms with Crippen molar-refractivity contribution < 1.29 is 17.6 Å². The molecule has 130 valence electrons. The van der Waals surface area contributed by atoms with Crippen LogP contribution < -0.4 is 5.32 Å². The van der Waals surface area contributed by atoms with Gasteiger partial charge in [0.25, 0.3) is 5.91 Å². The van der Waals surface area contributed by atoms with E-state index in [0.717, 1.165) is 30.8 Å². The molecule has 1 aromatic carbocycles. The molecule has 0 fully saturated rings.